The van der Waals surface area contributed by atoms with E-state index in [-0.39, 0.29) is 0 Å². The van der Waals surface area contributed by atoms with Gasteiger partial charge in [-0.25, -0.2) is 0 Å². The summed E-state index contributed by atoms with van der Waals surface area (Å²) in [4.78, 5) is 0. The molecule has 172 valence electrons. The van der Waals surface area contributed by atoms with Gasteiger partial charge in [0.2, 0.25) is 0 Å². The first-order chi connectivity index (χ1) is 14.6. The first-order valence-electron chi connectivity index (χ1n) is 11.7. The van der Waals surface area contributed by atoms with Gasteiger partial charge < -0.3 is 0 Å². The third-order valence-corrected chi connectivity index (χ3v) is 4.30. The highest BCUT2D eigenvalue weighted by molar-refractivity contribution is 5.33. The molecule has 0 saturated heterocycles. The summed E-state index contributed by atoms with van der Waals surface area (Å²) in [5.41, 5.74) is 7.20. The van der Waals surface area contributed by atoms with E-state index in [1.807, 2.05) is 27.7 Å². The highest BCUT2D eigenvalue weighted by atomic mass is 14.0. The topological polar surface area (TPSA) is 0 Å². The van der Waals surface area contributed by atoms with Crippen LogP contribution in [0, 0.1) is 20.8 Å². The number of benzene rings is 2. The molecule has 0 bridgehead atoms. The van der Waals surface area contributed by atoms with E-state index in [2.05, 4.69) is 103 Å². The van der Waals surface area contributed by atoms with Gasteiger partial charge in [0.05, 0.1) is 0 Å². The van der Waals surface area contributed by atoms with E-state index in [4.69, 9.17) is 0 Å². The second kappa shape index (κ2) is 29.1. The van der Waals surface area contributed by atoms with Crippen molar-refractivity contribution < 1.29 is 0 Å². The van der Waals surface area contributed by atoms with Gasteiger partial charge in [0, 0.05) is 0 Å². The highest BCUT2D eigenvalue weighted by Gasteiger charge is 1.99. The lowest BCUT2D eigenvalue weighted by molar-refractivity contribution is 0.715. The highest BCUT2D eigenvalue weighted by Crippen LogP contribution is 2.15. The van der Waals surface area contributed by atoms with Crippen LogP contribution in [0.25, 0.3) is 0 Å². The average molecular weight is 413 g/mol. The molecule has 0 unspecified atom stereocenters. The van der Waals surface area contributed by atoms with Gasteiger partial charge in [-0.15, -0.1) is 26.3 Å². The molecule has 2 rings (SSSR count). The summed E-state index contributed by atoms with van der Waals surface area (Å²) in [6.07, 6.45) is 6.39. The quantitative estimate of drug-likeness (QED) is 0.338. The molecule has 0 atom stereocenters. The Balaban J connectivity index is -0.000000174. The van der Waals surface area contributed by atoms with Gasteiger partial charge in [-0.3, -0.25) is 0 Å². The minimum atomic E-state index is 1.14. The van der Waals surface area contributed by atoms with Crippen molar-refractivity contribution >= 4 is 0 Å². The Labute approximate surface area is 191 Å². The summed E-state index contributed by atoms with van der Waals surface area (Å²) < 4.78 is 0. The van der Waals surface area contributed by atoms with Crippen LogP contribution in [0.5, 0.6) is 0 Å². The Kier molecular flexibility index (Phi) is 34.3. The van der Waals surface area contributed by atoms with Crippen LogP contribution in [0.3, 0.4) is 0 Å². The maximum atomic E-state index is 3.00. The van der Waals surface area contributed by atoms with E-state index >= 15 is 0 Å². The number of hydrogen-bond acceptors (Lipinski definition) is 0. The van der Waals surface area contributed by atoms with E-state index in [0.717, 1.165) is 6.42 Å². The molecule has 0 N–H and O–H groups in total. The van der Waals surface area contributed by atoms with Crippen LogP contribution in [-0.2, 0) is 12.8 Å². The average Bonchev–Trinajstić information content (AvgIpc) is 2.83. The van der Waals surface area contributed by atoms with Gasteiger partial charge in [0.1, 0.15) is 0 Å². The van der Waals surface area contributed by atoms with Crippen molar-refractivity contribution in [3.05, 3.63) is 96.6 Å². The molecule has 0 saturated carbocycles. The predicted octanol–water partition coefficient (Wildman–Crippen LogP) is 10.3. The van der Waals surface area contributed by atoms with E-state index < -0.39 is 0 Å². The second-order valence-corrected chi connectivity index (χ2v) is 6.16. The number of hydrogen-bond donors (Lipinski definition) is 0. The van der Waals surface area contributed by atoms with Crippen molar-refractivity contribution in [1.82, 2.24) is 0 Å². The summed E-state index contributed by atoms with van der Waals surface area (Å²) in [5.74, 6) is 0. The van der Waals surface area contributed by atoms with Gasteiger partial charge in [-0.2, -0.15) is 0 Å². The first-order valence-corrected chi connectivity index (χ1v) is 11.7. The lowest BCUT2D eigenvalue weighted by atomic mass is 9.99. The van der Waals surface area contributed by atoms with Crippen molar-refractivity contribution in [2.45, 2.75) is 94.4 Å². The van der Waals surface area contributed by atoms with Crippen LogP contribution < -0.4 is 0 Å². The maximum absolute atomic E-state index is 3.00. The van der Waals surface area contributed by atoms with Gasteiger partial charge in [-0.05, 0) is 62.3 Å². The van der Waals surface area contributed by atoms with Crippen molar-refractivity contribution in [3.8, 4) is 0 Å². The molecule has 0 aromatic heterocycles. The van der Waals surface area contributed by atoms with Gasteiger partial charge in [0.25, 0.3) is 0 Å². The lowest BCUT2D eigenvalue weighted by Gasteiger charge is -2.07. The lowest BCUT2D eigenvalue weighted by Crippen LogP contribution is -1.92. The van der Waals surface area contributed by atoms with E-state index in [9.17, 15) is 0 Å². The largest absolute Gasteiger partial charge is 0.106 e. The van der Waals surface area contributed by atoms with Crippen LogP contribution in [0.15, 0.2) is 68.8 Å². The number of aryl methyl sites for hydroxylation is 4. The molecule has 2 aromatic rings. The van der Waals surface area contributed by atoms with Crippen molar-refractivity contribution in [1.29, 1.82) is 0 Å². The Bertz CT molecular complexity index is 561. The minimum Gasteiger partial charge on any atom is -0.106 e. The summed E-state index contributed by atoms with van der Waals surface area (Å²) in [5, 5.41) is 0. The second-order valence-electron chi connectivity index (χ2n) is 6.16. The van der Waals surface area contributed by atoms with Crippen LogP contribution in [-0.4, -0.2) is 0 Å². The molecule has 0 fully saturated rings. The summed E-state index contributed by atoms with van der Waals surface area (Å²) in [6, 6.07) is 15.3. The SMILES string of the molecule is C=C.C=C.CC.CC.CCCCCc1cccc(C)c1C.CCc1ccc(C)cc1. The van der Waals surface area contributed by atoms with Crippen molar-refractivity contribution in [2.75, 3.05) is 0 Å². The molecule has 0 heteroatoms. The molecule has 0 aliphatic heterocycles. The minimum absolute atomic E-state index is 1.14. The third kappa shape index (κ3) is 19.2. The fourth-order valence-electron chi connectivity index (χ4n) is 2.47. The summed E-state index contributed by atoms with van der Waals surface area (Å²) in [6.45, 7) is 31.0. The molecule has 0 aliphatic rings. The normalized spacial score (nSPS) is 8.03. The summed E-state index contributed by atoms with van der Waals surface area (Å²) >= 11 is 0. The predicted molar refractivity (Wildman–Crippen MR) is 145 cm³/mol. The van der Waals surface area contributed by atoms with Crippen molar-refractivity contribution in [2.24, 2.45) is 0 Å². The van der Waals surface area contributed by atoms with E-state index in [1.54, 1.807) is 0 Å². The zero-order valence-corrected chi connectivity index (χ0v) is 21.9. The first kappa shape index (κ1) is 35.4. The van der Waals surface area contributed by atoms with Crippen molar-refractivity contribution in [3.63, 3.8) is 0 Å². The zero-order chi connectivity index (χ0) is 24.4. The monoisotopic (exact) mass is 412 g/mol. The van der Waals surface area contributed by atoms with Crippen LogP contribution >= 0.6 is 0 Å². The van der Waals surface area contributed by atoms with E-state index in [0.29, 0.717) is 0 Å². The van der Waals surface area contributed by atoms with E-state index in [1.165, 1.54) is 53.5 Å². The Hall–Kier alpha value is -2.08. The molecule has 0 aliphatic carbocycles. The molecule has 30 heavy (non-hydrogen) atoms. The van der Waals surface area contributed by atoms with Gasteiger partial charge in [-0.1, -0.05) is 102 Å². The smallest absolute Gasteiger partial charge is 0.0276 e. The molecular formula is C30H52. The Morgan fingerprint density at radius 1 is 0.667 bits per heavy atom. The standard InChI is InChI=1S/C13H20.C9H12.2C2H6.2C2H4/c1-4-5-6-9-13-10-7-8-11(2)12(13)3;1-3-9-6-4-8(2)5-7-9;4*1-2/h7-8,10H,4-6,9H2,1-3H3;4-7H,3H2,1-2H3;2*1-2H3;2*1-2H2. The van der Waals surface area contributed by atoms with Crippen LogP contribution in [0.4, 0.5) is 0 Å². The molecular weight excluding hydrogens is 360 g/mol. The zero-order valence-electron chi connectivity index (χ0n) is 21.9. The van der Waals surface area contributed by atoms with Gasteiger partial charge in [0.15, 0.2) is 0 Å². The molecule has 0 amide bonds. The molecule has 2 aromatic carbocycles. The maximum Gasteiger partial charge on any atom is -0.0276 e. The van der Waals surface area contributed by atoms with Crippen LogP contribution in [0.2, 0.25) is 0 Å². The molecule has 0 spiro atoms. The van der Waals surface area contributed by atoms with Gasteiger partial charge >= 0.3 is 0 Å². The van der Waals surface area contributed by atoms with Crippen LogP contribution in [0.1, 0.15) is 88.6 Å². The molecule has 0 radical (unpaired) electrons. The Morgan fingerprint density at radius 3 is 1.60 bits per heavy atom. The number of rotatable bonds is 5. The third-order valence-electron chi connectivity index (χ3n) is 4.30. The molecule has 0 nitrogen and oxygen atoms in total. The molecule has 0 heterocycles. The fraction of sp³-hybridized carbons (Fsp3) is 0.467. The summed E-state index contributed by atoms with van der Waals surface area (Å²) in [7, 11) is 0. The number of unbranched alkanes of at least 4 members (excludes halogenated alkanes) is 2. The fourth-order valence-corrected chi connectivity index (χ4v) is 2.47. The Morgan fingerprint density at radius 2 is 1.17 bits per heavy atom.